The highest BCUT2D eigenvalue weighted by Crippen LogP contribution is 2.22. The molecule has 0 saturated heterocycles. The zero-order valence-electron chi connectivity index (χ0n) is 16.7. The van der Waals surface area contributed by atoms with Crippen LogP contribution in [0.5, 0.6) is 5.75 Å². The lowest BCUT2D eigenvalue weighted by molar-refractivity contribution is -0.123. The van der Waals surface area contributed by atoms with Crippen LogP contribution in [0.25, 0.3) is 11.0 Å². The number of carbonyl (C=O) groups is 1. The first-order chi connectivity index (χ1) is 12.7. The Balaban J connectivity index is 1.88. The number of aromatic nitrogens is 2. The first-order valence-electron chi connectivity index (χ1n) is 9.18. The van der Waals surface area contributed by atoms with E-state index in [2.05, 4.69) is 16.4 Å². The number of hydrogen-bond donors (Lipinski definition) is 1. The standard InChI is InChI=1S/C22H27N3O2/c1-15-10-11-16(2)19(12-15)27-14-20-23-17-8-6-7-9-18(17)25(20)13-21(26)24-22(3,4)5/h6-12H,13-14H2,1-5H3,(H,24,26). The van der Waals surface area contributed by atoms with Crippen LogP contribution in [0.15, 0.2) is 42.5 Å². The second-order valence-corrected chi connectivity index (χ2v) is 7.96. The zero-order chi connectivity index (χ0) is 19.6. The zero-order valence-corrected chi connectivity index (χ0v) is 16.7. The number of rotatable bonds is 5. The Kier molecular flexibility index (Phi) is 5.22. The van der Waals surface area contributed by atoms with E-state index < -0.39 is 0 Å². The van der Waals surface area contributed by atoms with Crippen molar-refractivity contribution in [1.82, 2.24) is 14.9 Å². The van der Waals surface area contributed by atoms with Crippen molar-refractivity contribution in [3.05, 3.63) is 59.4 Å². The molecule has 3 aromatic rings. The Hall–Kier alpha value is -2.82. The molecule has 1 N–H and O–H groups in total. The van der Waals surface area contributed by atoms with E-state index >= 15 is 0 Å². The van der Waals surface area contributed by atoms with Crippen LogP contribution in [0.4, 0.5) is 0 Å². The monoisotopic (exact) mass is 365 g/mol. The van der Waals surface area contributed by atoms with E-state index in [1.54, 1.807) is 0 Å². The molecule has 3 rings (SSSR count). The van der Waals surface area contributed by atoms with Crippen LogP contribution < -0.4 is 10.1 Å². The van der Waals surface area contributed by atoms with Crippen LogP contribution in [-0.4, -0.2) is 21.0 Å². The predicted molar refractivity (Wildman–Crippen MR) is 108 cm³/mol. The molecule has 1 heterocycles. The van der Waals surface area contributed by atoms with Crippen LogP contribution in [0.3, 0.4) is 0 Å². The van der Waals surface area contributed by atoms with Gasteiger partial charge in [0.15, 0.2) is 0 Å². The van der Waals surface area contributed by atoms with Crippen molar-refractivity contribution < 1.29 is 9.53 Å². The second-order valence-electron chi connectivity index (χ2n) is 7.96. The number of fused-ring (bicyclic) bond motifs is 1. The largest absolute Gasteiger partial charge is 0.485 e. The van der Waals surface area contributed by atoms with Gasteiger partial charge in [-0.15, -0.1) is 0 Å². The van der Waals surface area contributed by atoms with Crippen LogP contribution in [0.2, 0.25) is 0 Å². The topological polar surface area (TPSA) is 56.2 Å². The number of ether oxygens (including phenoxy) is 1. The fourth-order valence-corrected chi connectivity index (χ4v) is 3.02. The third kappa shape index (κ3) is 4.67. The molecule has 5 heteroatoms. The van der Waals surface area contributed by atoms with E-state index in [0.717, 1.165) is 33.7 Å². The molecular formula is C22H27N3O2. The molecule has 2 aromatic carbocycles. The summed E-state index contributed by atoms with van der Waals surface area (Å²) in [6.07, 6.45) is 0. The Labute approximate surface area is 160 Å². The lowest BCUT2D eigenvalue weighted by Crippen LogP contribution is -2.42. The summed E-state index contributed by atoms with van der Waals surface area (Å²) in [7, 11) is 0. The quantitative estimate of drug-likeness (QED) is 0.739. The summed E-state index contributed by atoms with van der Waals surface area (Å²) in [5.41, 5.74) is 3.74. The SMILES string of the molecule is Cc1ccc(C)c(OCc2nc3ccccc3n2CC(=O)NC(C)(C)C)c1. The van der Waals surface area contributed by atoms with E-state index in [1.165, 1.54) is 0 Å². The van der Waals surface area contributed by atoms with E-state index in [9.17, 15) is 4.79 Å². The van der Waals surface area contributed by atoms with Crippen molar-refractivity contribution in [3.8, 4) is 5.75 Å². The van der Waals surface area contributed by atoms with Crippen LogP contribution >= 0.6 is 0 Å². The van der Waals surface area contributed by atoms with Crippen LogP contribution in [-0.2, 0) is 17.9 Å². The summed E-state index contributed by atoms with van der Waals surface area (Å²) in [5.74, 6) is 1.53. The maximum atomic E-state index is 12.5. The van der Waals surface area contributed by atoms with Gasteiger partial charge in [0.1, 0.15) is 24.7 Å². The van der Waals surface area contributed by atoms with Gasteiger partial charge < -0.3 is 14.6 Å². The molecule has 0 fully saturated rings. The minimum absolute atomic E-state index is 0.0429. The average Bonchev–Trinajstić information content (AvgIpc) is 2.92. The lowest BCUT2D eigenvalue weighted by Gasteiger charge is -2.21. The summed E-state index contributed by atoms with van der Waals surface area (Å²) in [5, 5.41) is 3.01. The summed E-state index contributed by atoms with van der Waals surface area (Å²) in [4.78, 5) is 17.2. The highest BCUT2D eigenvalue weighted by Gasteiger charge is 2.18. The van der Waals surface area contributed by atoms with Crippen molar-refractivity contribution in [2.75, 3.05) is 0 Å². The summed E-state index contributed by atoms with van der Waals surface area (Å²) in [6, 6.07) is 14.0. The number of aryl methyl sites for hydroxylation is 2. The van der Waals surface area contributed by atoms with Gasteiger partial charge in [-0.25, -0.2) is 4.98 Å². The number of carbonyl (C=O) groups excluding carboxylic acids is 1. The van der Waals surface area contributed by atoms with Crippen molar-refractivity contribution >= 4 is 16.9 Å². The van der Waals surface area contributed by atoms with E-state index in [4.69, 9.17) is 4.74 Å². The molecule has 0 radical (unpaired) electrons. The minimum atomic E-state index is -0.275. The Morgan fingerprint density at radius 2 is 1.89 bits per heavy atom. The van der Waals surface area contributed by atoms with Gasteiger partial charge in [0.2, 0.25) is 5.91 Å². The summed E-state index contributed by atoms with van der Waals surface area (Å²) in [6.45, 7) is 10.5. The molecule has 1 amide bonds. The number of para-hydroxylation sites is 2. The van der Waals surface area contributed by atoms with Crippen molar-refractivity contribution in [3.63, 3.8) is 0 Å². The number of hydrogen-bond acceptors (Lipinski definition) is 3. The number of nitrogens with zero attached hydrogens (tertiary/aromatic N) is 2. The molecule has 0 unspecified atom stereocenters. The molecule has 27 heavy (non-hydrogen) atoms. The molecule has 0 spiro atoms. The Morgan fingerprint density at radius 3 is 2.63 bits per heavy atom. The minimum Gasteiger partial charge on any atom is -0.485 e. The summed E-state index contributed by atoms with van der Waals surface area (Å²) < 4.78 is 7.97. The van der Waals surface area contributed by atoms with E-state index in [-0.39, 0.29) is 18.0 Å². The number of imidazole rings is 1. The fraction of sp³-hybridized carbons (Fsp3) is 0.364. The molecular weight excluding hydrogens is 338 g/mol. The van der Waals surface area contributed by atoms with Gasteiger partial charge in [0.25, 0.3) is 0 Å². The Morgan fingerprint density at radius 1 is 1.15 bits per heavy atom. The molecule has 0 aliphatic carbocycles. The molecule has 0 bridgehead atoms. The predicted octanol–water partition coefficient (Wildman–Crippen LogP) is 4.15. The van der Waals surface area contributed by atoms with Gasteiger partial charge in [-0.1, -0.05) is 24.3 Å². The van der Waals surface area contributed by atoms with Crippen molar-refractivity contribution in [1.29, 1.82) is 0 Å². The van der Waals surface area contributed by atoms with Crippen molar-refractivity contribution in [2.24, 2.45) is 0 Å². The molecule has 0 saturated carbocycles. The average molecular weight is 365 g/mol. The molecule has 5 nitrogen and oxygen atoms in total. The normalized spacial score (nSPS) is 11.6. The fourth-order valence-electron chi connectivity index (χ4n) is 3.02. The lowest BCUT2D eigenvalue weighted by atomic mass is 10.1. The first-order valence-corrected chi connectivity index (χ1v) is 9.18. The number of nitrogens with one attached hydrogen (secondary N) is 1. The molecule has 0 aliphatic heterocycles. The van der Waals surface area contributed by atoms with E-state index in [1.807, 2.05) is 75.6 Å². The smallest absolute Gasteiger partial charge is 0.240 e. The third-order valence-corrected chi connectivity index (χ3v) is 4.25. The van der Waals surface area contributed by atoms with Gasteiger partial charge in [-0.2, -0.15) is 0 Å². The Bertz CT molecular complexity index is 967. The highest BCUT2D eigenvalue weighted by molar-refractivity contribution is 5.81. The maximum absolute atomic E-state index is 12.5. The highest BCUT2D eigenvalue weighted by atomic mass is 16.5. The number of amides is 1. The van der Waals surface area contributed by atoms with E-state index in [0.29, 0.717) is 6.61 Å². The van der Waals surface area contributed by atoms with Gasteiger partial charge in [-0.3, -0.25) is 4.79 Å². The number of benzene rings is 2. The second kappa shape index (κ2) is 7.43. The first kappa shape index (κ1) is 19.0. The van der Waals surface area contributed by atoms with Gasteiger partial charge >= 0.3 is 0 Å². The summed E-state index contributed by atoms with van der Waals surface area (Å²) >= 11 is 0. The molecule has 142 valence electrons. The maximum Gasteiger partial charge on any atom is 0.240 e. The third-order valence-electron chi connectivity index (χ3n) is 4.25. The van der Waals surface area contributed by atoms with Gasteiger partial charge in [0, 0.05) is 5.54 Å². The molecule has 0 aliphatic rings. The van der Waals surface area contributed by atoms with Crippen LogP contribution in [0.1, 0.15) is 37.7 Å². The van der Waals surface area contributed by atoms with Gasteiger partial charge in [0.05, 0.1) is 11.0 Å². The molecule has 0 atom stereocenters. The van der Waals surface area contributed by atoms with Gasteiger partial charge in [-0.05, 0) is 63.9 Å². The molecule has 1 aromatic heterocycles. The van der Waals surface area contributed by atoms with Crippen molar-refractivity contribution in [2.45, 2.75) is 53.3 Å². The van der Waals surface area contributed by atoms with Crippen LogP contribution in [0, 0.1) is 13.8 Å².